The Morgan fingerprint density at radius 3 is 1.53 bits per heavy atom. The number of amides is 2. The number of halogens is 3. The third-order valence-corrected chi connectivity index (χ3v) is 5.79. The average molecular weight is 593 g/mol. The first-order valence-electron chi connectivity index (χ1n) is 13.7. The Balaban J connectivity index is 0.000000238. The number of benzene rings is 4. The zero-order valence-corrected chi connectivity index (χ0v) is 24.7. The summed E-state index contributed by atoms with van der Waals surface area (Å²) < 4.78 is 50.0. The maximum atomic E-state index is 13.0. The molecule has 0 atom stereocenters. The number of rotatable bonds is 8. The molecule has 2 N–H and O–H groups in total. The highest BCUT2D eigenvalue weighted by Crippen LogP contribution is 2.32. The van der Waals surface area contributed by atoms with Crippen LogP contribution >= 0.6 is 0 Å². The standard InChI is InChI=1S/C17H16F3NO2.C17H19NO2/c1-11(2)23-13-7-5-6-12(10-13)21-16(22)14-8-3-4-9-15(14)17(18,19)20;1-12(2)20-15-9-6-8-14(11-15)18-17(19)16-10-5-4-7-13(16)3/h3-11H,1-2H3,(H,21,22);4-12H,1-3H3,(H,18,19). The second-order valence-corrected chi connectivity index (χ2v) is 10.2. The molecule has 0 spiro atoms. The molecule has 0 aliphatic carbocycles. The van der Waals surface area contributed by atoms with Gasteiger partial charge >= 0.3 is 6.18 Å². The summed E-state index contributed by atoms with van der Waals surface area (Å²) >= 11 is 0. The summed E-state index contributed by atoms with van der Waals surface area (Å²) in [6.45, 7) is 9.57. The number of nitrogens with one attached hydrogen (secondary N) is 2. The van der Waals surface area contributed by atoms with Crippen LogP contribution in [0.5, 0.6) is 11.5 Å². The first-order valence-corrected chi connectivity index (χ1v) is 13.7. The molecule has 0 unspecified atom stereocenters. The summed E-state index contributed by atoms with van der Waals surface area (Å²) in [5, 5.41) is 5.36. The molecule has 0 fully saturated rings. The lowest BCUT2D eigenvalue weighted by Crippen LogP contribution is -2.18. The second-order valence-electron chi connectivity index (χ2n) is 10.2. The minimum atomic E-state index is -4.59. The van der Waals surface area contributed by atoms with Crippen molar-refractivity contribution in [3.05, 3.63) is 119 Å². The maximum absolute atomic E-state index is 13.0. The van der Waals surface area contributed by atoms with E-state index in [1.54, 1.807) is 24.3 Å². The van der Waals surface area contributed by atoms with Crippen LogP contribution in [-0.2, 0) is 6.18 Å². The highest BCUT2D eigenvalue weighted by molar-refractivity contribution is 6.06. The Morgan fingerprint density at radius 2 is 1.07 bits per heavy atom. The van der Waals surface area contributed by atoms with Crippen molar-refractivity contribution < 1.29 is 32.2 Å². The first kappa shape index (κ1) is 32.7. The molecule has 0 radical (unpaired) electrons. The molecule has 0 saturated carbocycles. The van der Waals surface area contributed by atoms with Crippen LogP contribution in [0.4, 0.5) is 24.5 Å². The molecular formula is C34H35F3N2O4. The summed E-state index contributed by atoms with van der Waals surface area (Å²) in [5.41, 5.74) is 1.35. The SMILES string of the molecule is CC(C)Oc1cccc(NC(=O)c2ccccc2C(F)(F)F)c1.Cc1ccccc1C(=O)Nc1cccc(OC(C)C)c1. The fraction of sp³-hybridized carbons (Fsp3) is 0.235. The van der Waals surface area contributed by atoms with Crippen LogP contribution < -0.4 is 20.1 Å². The monoisotopic (exact) mass is 592 g/mol. The van der Waals surface area contributed by atoms with Gasteiger partial charge in [0.05, 0.1) is 23.3 Å². The number of anilines is 2. The molecule has 43 heavy (non-hydrogen) atoms. The van der Waals surface area contributed by atoms with E-state index in [4.69, 9.17) is 9.47 Å². The lowest BCUT2D eigenvalue weighted by molar-refractivity contribution is -0.137. The number of aryl methyl sites for hydroxylation is 1. The highest BCUT2D eigenvalue weighted by Gasteiger charge is 2.34. The quantitative estimate of drug-likeness (QED) is 0.214. The van der Waals surface area contributed by atoms with E-state index in [1.807, 2.05) is 83.1 Å². The Bertz CT molecular complexity index is 1530. The largest absolute Gasteiger partial charge is 0.491 e. The van der Waals surface area contributed by atoms with Gasteiger partial charge in [-0.15, -0.1) is 0 Å². The van der Waals surface area contributed by atoms with E-state index in [2.05, 4.69) is 10.6 Å². The number of carbonyl (C=O) groups is 2. The van der Waals surface area contributed by atoms with Crippen molar-refractivity contribution in [2.24, 2.45) is 0 Å². The van der Waals surface area contributed by atoms with Crippen LogP contribution in [0.25, 0.3) is 0 Å². The van der Waals surface area contributed by atoms with E-state index >= 15 is 0 Å². The molecule has 4 rings (SSSR count). The summed E-state index contributed by atoms with van der Waals surface area (Å²) in [7, 11) is 0. The number of carbonyl (C=O) groups excluding carboxylic acids is 2. The number of alkyl halides is 3. The second kappa shape index (κ2) is 14.9. The smallest absolute Gasteiger partial charge is 0.417 e. The topological polar surface area (TPSA) is 76.7 Å². The molecule has 226 valence electrons. The maximum Gasteiger partial charge on any atom is 0.417 e. The molecule has 0 aliphatic rings. The first-order chi connectivity index (χ1) is 20.3. The molecule has 0 heterocycles. The molecule has 0 bridgehead atoms. The van der Waals surface area contributed by atoms with Gasteiger partial charge < -0.3 is 20.1 Å². The fourth-order valence-corrected chi connectivity index (χ4v) is 3.99. The van der Waals surface area contributed by atoms with Crippen LogP contribution in [0.1, 0.15) is 59.5 Å². The van der Waals surface area contributed by atoms with Crippen LogP contribution in [0.3, 0.4) is 0 Å². The van der Waals surface area contributed by atoms with Crippen LogP contribution in [0.15, 0.2) is 97.1 Å². The average Bonchev–Trinajstić information content (AvgIpc) is 2.93. The van der Waals surface area contributed by atoms with Gasteiger partial charge in [0.2, 0.25) is 0 Å². The van der Waals surface area contributed by atoms with Crippen molar-refractivity contribution in [1.82, 2.24) is 0 Å². The van der Waals surface area contributed by atoms with Crippen LogP contribution in [0.2, 0.25) is 0 Å². The highest BCUT2D eigenvalue weighted by atomic mass is 19.4. The van der Waals surface area contributed by atoms with E-state index in [0.29, 0.717) is 17.0 Å². The van der Waals surface area contributed by atoms with Crippen molar-refractivity contribution in [3.63, 3.8) is 0 Å². The normalized spacial score (nSPS) is 10.9. The summed E-state index contributed by atoms with van der Waals surface area (Å²) in [6, 6.07) is 26.1. The molecule has 0 aromatic heterocycles. The Labute approximate surface area is 249 Å². The van der Waals surface area contributed by atoms with Gasteiger partial charge in [-0.05, 0) is 82.6 Å². The van der Waals surface area contributed by atoms with Crippen LogP contribution in [0, 0.1) is 6.92 Å². The lowest BCUT2D eigenvalue weighted by Gasteiger charge is -2.14. The van der Waals surface area contributed by atoms with E-state index in [-0.39, 0.29) is 18.1 Å². The Kier molecular flexibility index (Phi) is 11.3. The molecular weight excluding hydrogens is 557 g/mol. The zero-order chi connectivity index (χ0) is 31.6. The fourth-order valence-electron chi connectivity index (χ4n) is 3.99. The molecule has 4 aromatic rings. The van der Waals surface area contributed by atoms with Crippen molar-refractivity contribution in [1.29, 1.82) is 0 Å². The van der Waals surface area contributed by atoms with Gasteiger partial charge in [0.1, 0.15) is 11.5 Å². The predicted octanol–water partition coefficient (Wildman–Crippen LogP) is 8.78. The van der Waals surface area contributed by atoms with E-state index in [9.17, 15) is 22.8 Å². The third kappa shape index (κ3) is 10.2. The van der Waals surface area contributed by atoms with Gasteiger partial charge in [0, 0.05) is 29.1 Å². The van der Waals surface area contributed by atoms with Crippen molar-refractivity contribution in [2.75, 3.05) is 10.6 Å². The molecule has 4 aromatic carbocycles. The van der Waals surface area contributed by atoms with E-state index < -0.39 is 23.2 Å². The summed E-state index contributed by atoms with van der Waals surface area (Å²) in [5.74, 6) is 0.355. The predicted molar refractivity (Wildman–Crippen MR) is 163 cm³/mol. The summed E-state index contributed by atoms with van der Waals surface area (Å²) in [4.78, 5) is 24.4. The Morgan fingerprint density at radius 1 is 0.628 bits per heavy atom. The third-order valence-electron chi connectivity index (χ3n) is 5.79. The molecule has 0 aliphatic heterocycles. The van der Waals surface area contributed by atoms with Gasteiger partial charge in [-0.2, -0.15) is 13.2 Å². The van der Waals surface area contributed by atoms with Crippen molar-refractivity contribution in [2.45, 2.75) is 53.0 Å². The van der Waals surface area contributed by atoms with Gasteiger partial charge in [-0.25, -0.2) is 0 Å². The minimum Gasteiger partial charge on any atom is -0.491 e. The Hall–Kier alpha value is -4.79. The number of hydrogen-bond acceptors (Lipinski definition) is 4. The van der Waals surface area contributed by atoms with Gasteiger partial charge in [0.25, 0.3) is 11.8 Å². The minimum absolute atomic E-state index is 0.0492. The van der Waals surface area contributed by atoms with E-state index in [1.165, 1.54) is 12.1 Å². The van der Waals surface area contributed by atoms with Crippen molar-refractivity contribution in [3.8, 4) is 11.5 Å². The van der Waals surface area contributed by atoms with Gasteiger partial charge in [-0.1, -0.05) is 42.5 Å². The van der Waals surface area contributed by atoms with Gasteiger partial charge in [-0.3, -0.25) is 9.59 Å². The van der Waals surface area contributed by atoms with Gasteiger partial charge in [0.15, 0.2) is 0 Å². The van der Waals surface area contributed by atoms with Crippen molar-refractivity contribution >= 4 is 23.2 Å². The molecule has 9 heteroatoms. The van der Waals surface area contributed by atoms with E-state index in [0.717, 1.165) is 29.1 Å². The molecule has 6 nitrogen and oxygen atoms in total. The van der Waals surface area contributed by atoms with Crippen LogP contribution in [-0.4, -0.2) is 24.0 Å². The molecule has 2 amide bonds. The lowest BCUT2D eigenvalue weighted by atomic mass is 10.1. The number of ether oxygens (including phenoxy) is 2. The molecule has 0 saturated heterocycles. The summed E-state index contributed by atoms with van der Waals surface area (Å²) in [6.07, 6.45) is -4.53. The number of hydrogen-bond donors (Lipinski definition) is 2. The zero-order valence-electron chi connectivity index (χ0n) is 24.7.